The molecule has 124 valence electrons. The number of hydrogen-bond acceptors (Lipinski definition) is 2. The van der Waals surface area contributed by atoms with Crippen molar-refractivity contribution in [2.75, 3.05) is 0 Å². The number of halogens is 3. The van der Waals surface area contributed by atoms with Crippen LogP contribution in [-0.2, 0) is 17.5 Å². The Hall–Kier alpha value is -1.56. The number of nitrogens with two attached hydrogens (primary N) is 1. The van der Waals surface area contributed by atoms with Crippen LogP contribution in [0.3, 0.4) is 0 Å². The Morgan fingerprint density at radius 1 is 1.23 bits per heavy atom. The summed E-state index contributed by atoms with van der Waals surface area (Å²) in [4.78, 5) is 13.9. The van der Waals surface area contributed by atoms with E-state index in [1.165, 1.54) is 11.0 Å². The fraction of sp³-hybridized carbons (Fsp3) is 0.562. The first kappa shape index (κ1) is 18.5. The van der Waals surface area contributed by atoms with Crippen molar-refractivity contribution in [1.82, 2.24) is 4.90 Å². The molecule has 0 saturated carbocycles. The number of amides is 1. The zero-order chi connectivity index (χ0) is 17.1. The van der Waals surface area contributed by atoms with Gasteiger partial charge < -0.3 is 10.6 Å². The fourth-order valence-electron chi connectivity index (χ4n) is 2.03. The lowest BCUT2D eigenvalue weighted by Gasteiger charge is -2.31. The molecule has 1 aromatic carbocycles. The summed E-state index contributed by atoms with van der Waals surface area (Å²) in [5.41, 5.74) is 5.60. The Kier molecular flexibility index (Phi) is 6.00. The average Bonchev–Trinajstić information content (AvgIpc) is 2.42. The Labute approximate surface area is 129 Å². The van der Waals surface area contributed by atoms with E-state index in [4.69, 9.17) is 5.73 Å². The quantitative estimate of drug-likeness (QED) is 0.904. The van der Waals surface area contributed by atoms with Crippen molar-refractivity contribution in [1.29, 1.82) is 0 Å². The lowest BCUT2D eigenvalue weighted by molar-refractivity contribution is -0.137. The van der Waals surface area contributed by atoms with Gasteiger partial charge in [-0.15, -0.1) is 0 Å². The molecule has 0 aliphatic heterocycles. The van der Waals surface area contributed by atoms with E-state index < -0.39 is 17.8 Å². The summed E-state index contributed by atoms with van der Waals surface area (Å²) in [6.07, 6.45) is -4.39. The monoisotopic (exact) mass is 316 g/mol. The maximum absolute atomic E-state index is 12.8. The first-order valence-corrected chi connectivity index (χ1v) is 7.26. The maximum Gasteiger partial charge on any atom is 0.416 e. The van der Waals surface area contributed by atoms with Crippen molar-refractivity contribution in [2.45, 2.75) is 52.5 Å². The summed E-state index contributed by atoms with van der Waals surface area (Å²) in [5.74, 6) is -0.280. The SMILES string of the molecule is CC(C)[C@H](N)C(=O)N(Cc1cccc(C(F)(F)F)c1)C(C)C. The highest BCUT2D eigenvalue weighted by molar-refractivity contribution is 5.82. The van der Waals surface area contributed by atoms with Crippen LogP contribution in [0.4, 0.5) is 13.2 Å². The zero-order valence-electron chi connectivity index (χ0n) is 13.3. The Morgan fingerprint density at radius 3 is 2.27 bits per heavy atom. The largest absolute Gasteiger partial charge is 0.416 e. The first-order valence-electron chi connectivity index (χ1n) is 7.26. The lowest BCUT2D eigenvalue weighted by atomic mass is 10.0. The van der Waals surface area contributed by atoms with Crippen LogP contribution in [0.5, 0.6) is 0 Å². The minimum Gasteiger partial charge on any atom is -0.335 e. The number of carbonyl (C=O) groups excluding carboxylic acids is 1. The van der Waals surface area contributed by atoms with Gasteiger partial charge in [-0.25, -0.2) is 0 Å². The number of nitrogens with zero attached hydrogens (tertiary/aromatic N) is 1. The molecule has 2 N–H and O–H groups in total. The minimum absolute atomic E-state index is 0.0322. The molecular weight excluding hydrogens is 293 g/mol. The summed E-state index contributed by atoms with van der Waals surface area (Å²) >= 11 is 0. The second kappa shape index (κ2) is 7.13. The van der Waals surface area contributed by atoms with Gasteiger partial charge in [0.25, 0.3) is 0 Å². The lowest BCUT2D eigenvalue weighted by Crippen LogP contribution is -2.48. The molecule has 3 nitrogen and oxygen atoms in total. The molecular formula is C16H23F3N2O. The normalized spacial score (nSPS) is 13.5. The molecule has 1 rings (SSSR count). The van der Waals surface area contributed by atoms with Crippen LogP contribution in [-0.4, -0.2) is 22.9 Å². The van der Waals surface area contributed by atoms with E-state index >= 15 is 0 Å². The molecule has 6 heteroatoms. The standard InChI is InChI=1S/C16H23F3N2O/c1-10(2)14(20)15(22)21(11(3)4)9-12-6-5-7-13(8-12)16(17,18)19/h5-8,10-11,14H,9,20H2,1-4H3/t14-/m0/s1. The van der Waals surface area contributed by atoms with E-state index in [-0.39, 0.29) is 24.4 Å². The zero-order valence-corrected chi connectivity index (χ0v) is 13.3. The molecule has 22 heavy (non-hydrogen) atoms. The summed E-state index contributed by atoms with van der Waals surface area (Å²) in [7, 11) is 0. The van der Waals surface area contributed by atoms with Gasteiger partial charge in [-0.05, 0) is 37.5 Å². The Balaban J connectivity index is 3.00. The van der Waals surface area contributed by atoms with Gasteiger partial charge in [0.2, 0.25) is 5.91 Å². The van der Waals surface area contributed by atoms with E-state index in [2.05, 4.69) is 0 Å². The van der Waals surface area contributed by atoms with E-state index in [0.29, 0.717) is 5.56 Å². The van der Waals surface area contributed by atoms with Crippen molar-refractivity contribution in [3.8, 4) is 0 Å². The predicted octanol–water partition coefficient (Wildman–Crippen LogP) is 3.43. The molecule has 0 spiro atoms. The fourth-order valence-corrected chi connectivity index (χ4v) is 2.03. The van der Waals surface area contributed by atoms with Crippen molar-refractivity contribution in [3.05, 3.63) is 35.4 Å². The molecule has 1 aromatic rings. The predicted molar refractivity (Wildman–Crippen MR) is 79.9 cm³/mol. The number of hydrogen-bond donors (Lipinski definition) is 1. The summed E-state index contributed by atoms with van der Waals surface area (Å²) < 4.78 is 38.3. The molecule has 0 saturated heterocycles. The van der Waals surface area contributed by atoms with Gasteiger partial charge in [0, 0.05) is 12.6 Å². The van der Waals surface area contributed by atoms with E-state index in [0.717, 1.165) is 12.1 Å². The van der Waals surface area contributed by atoms with E-state index in [1.54, 1.807) is 6.07 Å². The van der Waals surface area contributed by atoms with Gasteiger partial charge in [-0.2, -0.15) is 13.2 Å². The van der Waals surface area contributed by atoms with Crippen LogP contribution >= 0.6 is 0 Å². The summed E-state index contributed by atoms with van der Waals surface area (Å²) in [6, 6.07) is 4.22. The maximum atomic E-state index is 12.8. The Morgan fingerprint density at radius 2 is 1.82 bits per heavy atom. The van der Waals surface area contributed by atoms with Crippen molar-refractivity contribution < 1.29 is 18.0 Å². The van der Waals surface area contributed by atoms with Gasteiger partial charge in [-0.1, -0.05) is 26.0 Å². The molecule has 0 bridgehead atoms. The molecule has 0 fully saturated rings. The number of carbonyl (C=O) groups is 1. The van der Waals surface area contributed by atoms with Gasteiger partial charge in [0.05, 0.1) is 11.6 Å². The molecule has 1 amide bonds. The summed E-state index contributed by atoms with van der Waals surface area (Å²) in [6.45, 7) is 7.43. The third-order valence-corrected chi connectivity index (χ3v) is 3.52. The van der Waals surface area contributed by atoms with Crippen LogP contribution < -0.4 is 5.73 Å². The van der Waals surface area contributed by atoms with Crippen LogP contribution in [0.15, 0.2) is 24.3 Å². The molecule has 0 aliphatic carbocycles. The van der Waals surface area contributed by atoms with Crippen LogP contribution in [0.1, 0.15) is 38.8 Å². The molecule has 0 unspecified atom stereocenters. The topological polar surface area (TPSA) is 46.3 Å². The van der Waals surface area contributed by atoms with Crippen LogP contribution in [0.2, 0.25) is 0 Å². The first-order chi connectivity index (χ1) is 10.0. The third-order valence-electron chi connectivity index (χ3n) is 3.52. The molecule has 0 aliphatic rings. The van der Waals surface area contributed by atoms with Crippen molar-refractivity contribution >= 4 is 5.91 Å². The van der Waals surface area contributed by atoms with E-state index in [1.807, 2.05) is 27.7 Å². The molecule has 0 aromatic heterocycles. The highest BCUT2D eigenvalue weighted by Gasteiger charge is 2.31. The van der Waals surface area contributed by atoms with Crippen molar-refractivity contribution in [2.24, 2.45) is 11.7 Å². The smallest absolute Gasteiger partial charge is 0.335 e. The van der Waals surface area contributed by atoms with E-state index in [9.17, 15) is 18.0 Å². The molecule has 0 radical (unpaired) electrons. The van der Waals surface area contributed by atoms with Gasteiger partial charge >= 0.3 is 6.18 Å². The van der Waals surface area contributed by atoms with Gasteiger partial charge in [0.15, 0.2) is 0 Å². The summed E-state index contributed by atoms with van der Waals surface area (Å²) in [5, 5.41) is 0. The highest BCUT2D eigenvalue weighted by atomic mass is 19.4. The number of rotatable bonds is 5. The van der Waals surface area contributed by atoms with Crippen molar-refractivity contribution in [3.63, 3.8) is 0 Å². The average molecular weight is 316 g/mol. The third kappa shape index (κ3) is 4.73. The van der Waals surface area contributed by atoms with Crippen LogP contribution in [0, 0.1) is 5.92 Å². The second-order valence-corrected chi connectivity index (χ2v) is 6.03. The Bertz CT molecular complexity index is 512. The minimum atomic E-state index is -4.39. The highest BCUT2D eigenvalue weighted by Crippen LogP contribution is 2.30. The number of benzene rings is 1. The molecule has 1 atom stereocenters. The number of alkyl halides is 3. The van der Waals surface area contributed by atoms with Gasteiger partial charge in [0.1, 0.15) is 0 Å². The van der Waals surface area contributed by atoms with Crippen LogP contribution in [0.25, 0.3) is 0 Å². The second-order valence-electron chi connectivity index (χ2n) is 6.03. The molecule has 0 heterocycles. The van der Waals surface area contributed by atoms with Gasteiger partial charge in [-0.3, -0.25) is 4.79 Å².